The van der Waals surface area contributed by atoms with Crippen LogP contribution < -0.4 is 0 Å². The molecule has 14 heavy (non-hydrogen) atoms. The third-order valence-electron chi connectivity index (χ3n) is 3.98. The van der Waals surface area contributed by atoms with Crippen LogP contribution in [-0.2, 0) is 4.43 Å². The van der Waals surface area contributed by atoms with Crippen molar-refractivity contribution in [3.63, 3.8) is 0 Å². The molecule has 2 atom stereocenters. The smallest absolute Gasteiger partial charge is 0.174 e. The maximum atomic E-state index is 9.80. The summed E-state index contributed by atoms with van der Waals surface area (Å²) in [5, 5.41) is 9.80. The van der Waals surface area contributed by atoms with Gasteiger partial charge in [-0.15, -0.1) is 0 Å². The van der Waals surface area contributed by atoms with Gasteiger partial charge in [-0.25, -0.2) is 0 Å². The van der Waals surface area contributed by atoms with Crippen molar-refractivity contribution >= 4 is 15.4 Å². The molecule has 0 aliphatic carbocycles. The van der Waals surface area contributed by atoms with Crippen LogP contribution in [0, 0.1) is 0 Å². The second-order valence-electron chi connectivity index (χ2n) is 5.56. The first-order valence-corrected chi connectivity index (χ1v) is 12.8. The predicted octanol–water partition coefficient (Wildman–Crippen LogP) is 2.54. The van der Waals surface area contributed by atoms with Crippen LogP contribution in [0.1, 0.15) is 19.8 Å². The van der Waals surface area contributed by atoms with Crippen LogP contribution in [0.15, 0.2) is 0 Å². The summed E-state index contributed by atoms with van der Waals surface area (Å²) in [7, 11) is -2.59. The Hall–Kier alpha value is 0.354. The van der Waals surface area contributed by atoms with Crippen molar-refractivity contribution in [2.24, 2.45) is 0 Å². The molecule has 0 radical (unpaired) electrons. The number of hydrogen-bond donors (Lipinski definition) is 1. The van der Waals surface area contributed by atoms with Crippen molar-refractivity contribution in [3.05, 3.63) is 0 Å². The monoisotopic (exact) mass is 232 g/mol. The van der Waals surface area contributed by atoms with Gasteiger partial charge in [-0.2, -0.15) is 0 Å². The molecule has 0 amide bonds. The van der Waals surface area contributed by atoms with E-state index in [4.69, 9.17) is 4.43 Å². The Morgan fingerprint density at radius 2 is 1.93 bits per heavy atom. The van der Waals surface area contributed by atoms with Gasteiger partial charge in [0.15, 0.2) is 7.83 Å². The Morgan fingerprint density at radius 3 is 2.36 bits per heavy atom. The predicted molar refractivity (Wildman–Crippen MR) is 65.6 cm³/mol. The molecule has 1 N–H and O–H groups in total. The molecule has 1 rings (SSSR count). The molecule has 1 heterocycles. The Kier molecular flexibility index (Phi) is 3.62. The molecule has 4 heteroatoms. The Morgan fingerprint density at radius 1 is 1.36 bits per heavy atom. The summed E-state index contributed by atoms with van der Waals surface area (Å²) < 4.78 is 6.19. The van der Waals surface area contributed by atoms with E-state index in [1.807, 2.05) is 6.92 Å². The highest BCUT2D eigenvalue weighted by atomic mass is 29.3. The van der Waals surface area contributed by atoms with E-state index in [0.29, 0.717) is 0 Å². The van der Waals surface area contributed by atoms with Crippen molar-refractivity contribution in [1.82, 2.24) is 0 Å². The van der Waals surface area contributed by atoms with Gasteiger partial charge in [0, 0.05) is 0 Å². The summed E-state index contributed by atoms with van der Waals surface area (Å²) in [6, 6.07) is 1.33. The number of aliphatic hydroxyl groups is 1. The van der Waals surface area contributed by atoms with Gasteiger partial charge in [0.25, 0.3) is 0 Å². The normalized spacial score (nSPS) is 32.6. The van der Waals surface area contributed by atoms with Crippen LogP contribution in [0.5, 0.6) is 0 Å². The lowest BCUT2D eigenvalue weighted by molar-refractivity contribution is 0.0255. The zero-order valence-electron chi connectivity index (χ0n) is 10.1. The zero-order chi connectivity index (χ0) is 11.0. The van der Waals surface area contributed by atoms with Gasteiger partial charge in [-0.05, 0) is 25.9 Å². The summed E-state index contributed by atoms with van der Waals surface area (Å²) in [4.78, 5) is 0. The molecule has 1 aliphatic rings. The van der Waals surface area contributed by atoms with E-state index in [9.17, 15) is 5.11 Å². The lowest BCUT2D eigenvalue weighted by Gasteiger charge is -2.46. The topological polar surface area (TPSA) is 29.5 Å². The first kappa shape index (κ1) is 12.4. The van der Waals surface area contributed by atoms with E-state index in [0.717, 1.165) is 12.8 Å². The minimum absolute atomic E-state index is 0.127. The maximum absolute atomic E-state index is 9.80. The fraction of sp³-hybridized carbons (Fsp3) is 1.00. The summed E-state index contributed by atoms with van der Waals surface area (Å²) >= 11 is 0. The van der Waals surface area contributed by atoms with Gasteiger partial charge >= 0.3 is 0 Å². The Balaban J connectivity index is 2.68. The van der Waals surface area contributed by atoms with Crippen LogP contribution in [0.4, 0.5) is 0 Å². The molecule has 1 aliphatic heterocycles. The molecule has 0 spiro atoms. The lowest BCUT2D eigenvalue weighted by Crippen LogP contribution is -2.63. The van der Waals surface area contributed by atoms with Gasteiger partial charge in [0.2, 0.25) is 0 Å². The second-order valence-corrected chi connectivity index (χ2v) is 20.8. The van der Waals surface area contributed by atoms with E-state index in [1.165, 1.54) is 6.04 Å². The quantitative estimate of drug-likeness (QED) is 0.742. The summed E-state index contributed by atoms with van der Waals surface area (Å²) in [5.74, 6) is 0. The fourth-order valence-corrected chi connectivity index (χ4v) is 8.54. The summed E-state index contributed by atoms with van der Waals surface area (Å²) in [5.41, 5.74) is 0. The van der Waals surface area contributed by atoms with Crippen LogP contribution in [0.25, 0.3) is 0 Å². The average molecular weight is 232 g/mol. The van der Waals surface area contributed by atoms with E-state index in [2.05, 4.69) is 26.2 Å². The van der Waals surface area contributed by atoms with Gasteiger partial charge in [0.05, 0.1) is 19.8 Å². The number of aliphatic hydroxyl groups excluding tert-OH is 1. The van der Waals surface area contributed by atoms with E-state index in [-0.39, 0.29) is 12.2 Å². The standard InChI is InChI=1S/C10H24O2Si2/c1-6-9(11)10-7-8-13(2,3)14(4,5)12-10/h9-11H,6-8H2,1-5H3. The molecule has 0 aromatic rings. The van der Waals surface area contributed by atoms with Crippen LogP contribution in [0.2, 0.25) is 32.2 Å². The molecule has 0 aromatic heterocycles. The molecular weight excluding hydrogens is 208 g/mol. The maximum Gasteiger partial charge on any atom is 0.174 e. The highest BCUT2D eigenvalue weighted by molar-refractivity contribution is 7.38. The largest absolute Gasteiger partial charge is 0.415 e. The van der Waals surface area contributed by atoms with Gasteiger partial charge in [-0.1, -0.05) is 26.1 Å². The zero-order valence-corrected chi connectivity index (χ0v) is 12.1. The van der Waals surface area contributed by atoms with Gasteiger partial charge in [0.1, 0.15) is 0 Å². The average Bonchev–Trinajstić information content (AvgIpc) is 2.08. The number of hydrogen-bond acceptors (Lipinski definition) is 2. The minimum Gasteiger partial charge on any atom is -0.415 e. The first-order chi connectivity index (χ1) is 6.30. The summed E-state index contributed by atoms with van der Waals surface area (Å²) in [6.45, 7) is 11.6. The van der Waals surface area contributed by atoms with Gasteiger partial charge in [-0.3, -0.25) is 0 Å². The van der Waals surface area contributed by atoms with Crippen molar-refractivity contribution in [2.75, 3.05) is 0 Å². The number of rotatable bonds is 2. The van der Waals surface area contributed by atoms with Crippen LogP contribution >= 0.6 is 0 Å². The Bertz CT molecular complexity index is 204. The molecular formula is C10H24O2Si2. The molecule has 1 fully saturated rings. The summed E-state index contributed by atoms with van der Waals surface area (Å²) in [6.07, 6.45) is 1.77. The molecule has 0 aromatic carbocycles. The van der Waals surface area contributed by atoms with E-state index in [1.54, 1.807) is 0 Å². The van der Waals surface area contributed by atoms with Crippen molar-refractivity contribution in [2.45, 2.75) is 64.2 Å². The lowest BCUT2D eigenvalue weighted by atomic mass is 10.1. The van der Waals surface area contributed by atoms with Crippen molar-refractivity contribution in [3.8, 4) is 0 Å². The second kappa shape index (κ2) is 4.08. The third kappa shape index (κ3) is 2.29. The highest BCUT2D eigenvalue weighted by Crippen LogP contribution is 2.34. The molecule has 2 unspecified atom stereocenters. The molecule has 1 saturated heterocycles. The first-order valence-electron chi connectivity index (χ1n) is 5.66. The highest BCUT2D eigenvalue weighted by Gasteiger charge is 2.48. The third-order valence-corrected chi connectivity index (χ3v) is 20.6. The fourth-order valence-electron chi connectivity index (χ4n) is 1.93. The van der Waals surface area contributed by atoms with Crippen molar-refractivity contribution < 1.29 is 9.53 Å². The minimum atomic E-state index is -1.48. The van der Waals surface area contributed by atoms with Crippen molar-refractivity contribution in [1.29, 1.82) is 0 Å². The molecule has 84 valence electrons. The van der Waals surface area contributed by atoms with E-state index < -0.39 is 15.4 Å². The van der Waals surface area contributed by atoms with E-state index >= 15 is 0 Å². The Labute approximate surface area is 89.6 Å². The molecule has 0 saturated carbocycles. The van der Waals surface area contributed by atoms with Crippen LogP contribution in [-0.4, -0.2) is 32.7 Å². The van der Waals surface area contributed by atoms with Crippen LogP contribution in [0.3, 0.4) is 0 Å². The molecule has 2 nitrogen and oxygen atoms in total. The van der Waals surface area contributed by atoms with Gasteiger partial charge < -0.3 is 9.53 Å². The SMILES string of the molecule is CCC(O)C1CC[Si](C)(C)[Si](C)(C)O1. The molecule has 0 bridgehead atoms.